The lowest BCUT2D eigenvalue weighted by Gasteiger charge is -2.24. The Labute approximate surface area is 215 Å². The molecule has 0 bridgehead atoms. The van der Waals surface area contributed by atoms with Crippen LogP contribution in [0, 0.1) is 18.8 Å². The van der Waals surface area contributed by atoms with Crippen molar-refractivity contribution in [2.24, 2.45) is 11.8 Å². The Hall–Kier alpha value is -2.80. The molecule has 0 unspecified atom stereocenters. The van der Waals surface area contributed by atoms with E-state index in [0.717, 1.165) is 34.1 Å². The van der Waals surface area contributed by atoms with Crippen LogP contribution in [0.4, 0.5) is 4.79 Å². The van der Waals surface area contributed by atoms with Crippen molar-refractivity contribution >= 4 is 38.8 Å². The molecule has 35 heavy (non-hydrogen) atoms. The molecule has 0 saturated carbocycles. The standard InChI is InChI=1S/C28H33BrN2O4/c1-17(2)26-16-35-28(33)31(26)27(32)13-18(3)12-23-19(4)30(15-20-6-8-21(29)9-7-20)25-11-10-22(34-5)14-24(23)25/h6-11,14,17-18,26H,12-13,15-16H2,1-5H3/t18-,26+/m1/s1. The molecule has 2 atom stereocenters. The maximum absolute atomic E-state index is 13.1. The molecule has 7 heteroatoms. The number of fused-ring (bicyclic) bond motifs is 1. The average Bonchev–Trinajstić information content (AvgIpc) is 3.33. The lowest BCUT2D eigenvalue weighted by molar-refractivity contribution is -0.130. The largest absolute Gasteiger partial charge is 0.497 e. The van der Waals surface area contributed by atoms with E-state index in [4.69, 9.17) is 9.47 Å². The van der Waals surface area contributed by atoms with Crippen molar-refractivity contribution in [2.75, 3.05) is 13.7 Å². The number of methoxy groups -OCH3 is 1. The summed E-state index contributed by atoms with van der Waals surface area (Å²) in [5, 5.41) is 1.14. The van der Waals surface area contributed by atoms with Crippen molar-refractivity contribution < 1.29 is 19.1 Å². The average molecular weight is 541 g/mol. The van der Waals surface area contributed by atoms with Gasteiger partial charge in [-0.25, -0.2) is 9.69 Å². The van der Waals surface area contributed by atoms with Crippen molar-refractivity contribution in [2.45, 2.75) is 53.1 Å². The minimum atomic E-state index is -0.520. The Morgan fingerprint density at radius 3 is 2.54 bits per heavy atom. The Balaban J connectivity index is 1.61. The van der Waals surface area contributed by atoms with Crippen LogP contribution in [0.1, 0.15) is 44.0 Å². The topological polar surface area (TPSA) is 60.8 Å². The minimum Gasteiger partial charge on any atom is -0.497 e. The van der Waals surface area contributed by atoms with Crippen LogP contribution in [0.5, 0.6) is 5.75 Å². The number of carbonyl (C=O) groups is 2. The second kappa shape index (κ2) is 10.4. The number of halogens is 1. The number of imide groups is 1. The predicted molar refractivity (Wildman–Crippen MR) is 141 cm³/mol. The first-order chi connectivity index (χ1) is 16.7. The van der Waals surface area contributed by atoms with Gasteiger partial charge in [-0.1, -0.05) is 48.8 Å². The number of aromatic nitrogens is 1. The van der Waals surface area contributed by atoms with E-state index in [9.17, 15) is 9.59 Å². The summed E-state index contributed by atoms with van der Waals surface area (Å²) in [7, 11) is 1.67. The Bertz CT molecular complexity index is 1230. The summed E-state index contributed by atoms with van der Waals surface area (Å²) >= 11 is 3.51. The zero-order valence-corrected chi connectivity index (χ0v) is 22.6. The molecule has 3 aromatic rings. The van der Waals surface area contributed by atoms with Gasteiger partial charge in [-0.15, -0.1) is 0 Å². The SMILES string of the molecule is COc1ccc2c(c1)c(C[C@@H](C)CC(=O)N1C(=O)OC[C@H]1C(C)C)c(C)n2Cc1ccc(Br)cc1. The van der Waals surface area contributed by atoms with Crippen LogP contribution in [0.15, 0.2) is 46.9 Å². The number of nitrogens with zero attached hydrogens (tertiary/aromatic N) is 2. The lowest BCUT2D eigenvalue weighted by atomic mass is 9.94. The highest BCUT2D eigenvalue weighted by atomic mass is 79.9. The van der Waals surface area contributed by atoms with Crippen LogP contribution in [0.2, 0.25) is 0 Å². The van der Waals surface area contributed by atoms with E-state index in [1.54, 1.807) is 7.11 Å². The van der Waals surface area contributed by atoms with Gasteiger partial charge in [0.1, 0.15) is 12.4 Å². The van der Waals surface area contributed by atoms with Gasteiger partial charge in [-0.05, 0) is 66.6 Å². The highest BCUT2D eigenvalue weighted by Crippen LogP contribution is 2.33. The van der Waals surface area contributed by atoms with Gasteiger partial charge < -0.3 is 14.0 Å². The van der Waals surface area contributed by atoms with Crippen molar-refractivity contribution in [1.82, 2.24) is 9.47 Å². The fourth-order valence-corrected chi connectivity index (χ4v) is 5.19. The Morgan fingerprint density at radius 1 is 1.17 bits per heavy atom. The molecular formula is C28H33BrN2O4. The molecule has 1 aliphatic heterocycles. The summed E-state index contributed by atoms with van der Waals surface area (Å²) in [5.74, 6) is 0.864. The number of ether oxygens (including phenoxy) is 2. The first kappa shape index (κ1) is 25.3. The first-order valence-electron chi connectivity index (χ1n) is 12.1. The molecule has 0 N–H and O–H groups in total. The van der Waals surface area contributed by atoms with E-state index in [1.807, 2.05) is 19.9 Å². The monoisotopic (exact) mass is 540 g/mol. The molecule has 4 rings (SSSR count). The summed E-state index contributed by atoms with van der Waals surface area (Å²) in [4.78, 5) is 26.6. The van der Waals surface area contributed by atoms with E-state index in [2.05, 4.69) is 70.7 Å². The number of cyclic esters (lactones) is 1. The van der Waals surface area contributed by atoms with Crippen LogP contribution in [-0.4, -0.2) is 41.2 Å². The van der Waals surface area contributed by atoms with E-state index in [0.29, 0.717) is 6.42 Å². The quantitative estimate of drug-likeness (QED) is 0.334. The third-order valence-corrected chi connectivity index (χ3v) is 7.46. The fourth-order valence-electron chi connectivity index (χ4n) is 4.92. The zero-order chi connectivity index (χ0) is 25.3. The zero-order valence-electron chi connectivity index (χ0n) is 21.0. The Morgan fingerprint density at radius 2 is 1.89 bits per heavy atom. The second-order valence-electron chi connectivity index (χ2n) is 9.83. The normalized spacial score (nSPS) is 16.7. The smallest absolute Gasteiger partial charge is 0.416 e. The van der Waals surface area contributed by atoms with Crippen LogP contribution in [0.25, 0.3) is 10.9 Å². The summed E-state index contributed by atoms with van der Waals surface area (Å²) in [6.07, 6.45) is 0.498. The maximum Gasteiger partial charge on any atom is 0.416 e. The van der Waals surface area contributed by atoms with Gasteiger partial charge in [-0.2, -0.15) is 0 Å². The van der Waals surface area contributed by atoms with Gasteiger partial charge in [-0.3, -0.25) is 4.79 Å². The van der Waals surface area contributed by atoms with Gasteiger partial charge >= 0.3 is 6.09 Å². The number of hydrogen-bond acceptors (Lipinski definition) is 4. The van der Waals surface area contributed by atoms with Crippen LogP contribution >= 0.6 is 15.9 Å². The number of amides is 2. The van der Waals surface area contributed by atoms with Crippen LogP contribution in [0.3, 0.4) is 0 Å². The van der Waals surface area contributed by atoms with Gasteiger partial charge in [0.25, 0.3) is 0 Å². The number of hydrogen-bond donors (Lipinski definition) is 0. The van der Waals surface area contributed by atoms with Gasteiger partial charge in [0, 0.05) is 34.0 Å². The van der Waals surface area contributed by atoms with Crippen molar-refractivity contribution in [3.8, 4) is 5.75 Å². The minimum absolute atomic E-state index is 0.0559. The fraction of sp³-hybridized carbons (Fsp3) is 0.429. The summed E-state index contributed by atoms with van der Waals surface area (Å²) < 4.78 is 14.1. The molecule has 6 nitrogen and oxygen atoms in total. The highest BCUT2D eigenvalue weighted by Gasteiger charge is 2.39. The molecule has 1 aromatic heterocycles. The summed E-state index contributed by atoms with van der Waals surface area (Å²) in [5.41, 5.74) is 4.74. The molecule has 2 aromatic carbocycles. The van der Waals surface area contributed by atoms with Crippen LogP contribution < -0.4 is 4.74 Å². The van der Waals surface area contributed by atoms with E-state index in [-0.39, 0.29) is 30.4 Å². The molecule has 1 aliphatic rings. The molecule has 1 fully saturated rings. The molecule has 0 spiro atoms. The summed E-state index contributed by atoms with van der Waals surface area (Å²) in [6.45, 7) is 9.26. The molecule has 2 amide bonds. The third-order valence-electron chi connectivity index (χ3n) is 6.94. The van der Waals surface area contributed by atoms with E-state index < -0.39 is 6.09 Å². The van der Waals surface area contributed by atoms with Crippen LogP contribution in [-0.2, 0) is 22.5 Å². The first-order valence-corrected chi connectivity index (χ1v) is 12.9. The van der Waals surface area contributed by atoms with Gasteiger partial charge in [0.15, 0.2) is 0 Å². The third kappa shape index (κ3) is 5.25. The molecule has 186 valence electrons. The molecular weight excluding hydrogens is 508 g/mol. The number of carbonyl (C=O) groups excluding carboxylic acids is 2. The van der Waals surface area contributed by atoms with Crippen molar-refractivity contribution in [3.63, 3.8) is 0 Å². The Kier molecular flexibility index (Phi) is 7.55. The van der Waals surface area contributed by atoms with E-state index >= 15 is 0 Å². The highest BCUT2D eigenvalue weighted by molar-refractivity contribution is 9.10. The molecule has 0 aliphatic carbocycles. The van der Waals surface area contributed by atoms with Crippen molar-refractivity contribution in [3.05, 3.63) is 63.8 Å². The summed E-state index contributed by atoms with van der Waals surface area (Å²) in [6, 6.07) is 14.3. The second-order valence-corrected chi connectivity index (χ2v) is 10.7. The molecule has 0 radical (unpaired) electrons. The predicted octanol–water partition coefficient (Wildman–Crippen LogP) is 6.34. The number of rotatable bonds is 8. The van der Waals surface area contributed by atoms with E-state index in [1.165, 1.54) is 21.7 Å². The van der Waals surface area contributed by atoms with Gasteiger partial charge in [0.2, 0.25) is 5.91 Å². The maximum atomic E-state index is 13.1. The molecule has 2 heterocycles. The number of benzene rings is 2. The van der Waals surface area contributed by atoms with Gasteiger partial charge in [0.05, 0.1) is 13.2 Å². The lowest BCUT2D eigenvalue weighted by Crippen LogP contribution is -2.42. The van der Waals surface area contributed by atoms with Crippen molar-refractivity contribution in [1.29, 1.82) is 0 Å². The molecule has 1 saturated heterocycles.